The Labute approximate surface area is 140 Å². The summed E-state index contributed by atoms with van der Waals surface area (Å²) in [6.45, 7) is 9.00. The molecule has 0 radical (unpaired) electrons. The van der Waals surface area contributed by atoms with Crippen molar-refractivity contribution in [1.29, 1.82) is 0 Å². The van der Waals surface area contributed by atoms with Crippen LogP contribution in [0.5, 0.6) is 0 Å². The Kier molecular flexibility index (Phi) is 3.93. The molecule has 1 fully saturated rings. The predicted molar refractivity (Wildman–Crippen MR) is 95.9 cm³/mol. The molecular formula is C22H28O. The molecule has 1 aromatic carbocycles. The Balaban J connectivity index is 2.07. The Morgan fingerprint density at radius 3 is 2.48 bits per heavy atom. The highest BCUT2D eigenvalue weighted by molar-refractivity contribution is 5.42. The van der Waals surface area contributed by atoms with Crippen molar-refractivity contribution in [2.45, 2.75) is 59.0 Å². The monoisotopic (exact) mass is 308 g/mol. The third kappa shape index (κ3) is 2.54. The van der Waals surface area contributed by atoms with Gasteiger partial charge in [-0.05, 0) is 36.8 Å². The van der Waals surface area contributed by atoms with E-state index in [-0.39, 0.29) is 16.7 Å². The second kappa shape index (κ2) is 5.53. The lowest BCUT2D eigenvalue weighted by molar-refractivity contribution is -0.0783. The second-order valence-corrected chi connectivity index (χ2v) is 8.21. The van der Waals surface area contributed by atoms with Crippen LogP contribution >= 0.6 is 0 Å². The lowest BCUT2D eigenvalue weighted by Gasteiger charge is -2.56. The Morgan fingerprint density at radius 1 is 1.09 bits per heavy atom. The minimum atomic E-state index is -0.954. The normalized spacial score (nSPS) is 35.5. The second-order valence-electron chi connectivity index (χ2n) is 8.21. The smallest absolute Gasteiger partial charge is 0.137 e. The van der Waals surface area contributed by atoms with Crippen molar-refractivity contribution in [3.63, 3.8) is 0 Å². The van der Waals surface area contributed by atoms with E-state index in [2.05, 4.69) is 45.6 Å². The first-order valence-corrected chi connectivity index (χ1v) is 8.81. The van der Waals surface area contributed by atoms with Crippen LogP contribution in [0.1, 0.15) is 58.9 Å². The van der Waals surface area contributed by atoms with E-state index in [1.54, 1.807) is 0 Å². The van der Waals surface area contributed by atoms with Gasteiger partial charge in [0.05, 0.1) is 0 Å². The SMILES string of the molecule is C[C@@H]1CC=C2C(C)(C)CCC[C@]2(C)[C@]1(O)C#Cc1ccccc1. The molecule has 3 rings (SSSR count). The number of aliphatic hydroxyl groups is 1. The molecule has 1 aromatic rings. The number of fused-ring (bicyclic) bond motifs is 1. The van der Waals surface area contributed by atoms with Gasteiger partial charge in [0.2, 0.25) is 0 Å². The van der Waals surface area contributed by atoms with E-state index in [1.165, 1.54) is 12.0 Å². The zero-order chi connectivity index (χ0) is 16.7. The molecular weight excluding hydrogens is 280 g/mol. The van der Waals surface area contributed by atoms with Gasteiger partial charge in [0.25, 0.3) is 0 Å². The van der Waals surface area contributed by atoms with Gasteiger partial charge in [-0.1, -0.05) is 75.8 Å². The van der Waals surface area contributed by atoms with Crippen LogP contribution in [0, 0.1) is 28.6 Å². The van der Waals surface area contributed by atoms with E-state index in [0.29, 0.717) is 0 Å². The number of benzene rings is 1. The fourth-order valence-corrected chi connectivity index (χ4v) is 4.76. The fraction of sp³-hybridized carbons (Fsp3) is 0.545. The molecule has 1 heteroatoms. The predicted octanol–water partition coefficient (Wildman–Crippen LogP) is 4.95. The van der Waals surface area contributed by atoms with Crippen molar-refractivity contribution in [2.24, 2.45) is 16.7 Å². The lowest BCUT2D eigenvalue weighted by atomic mass is 9.49. The molecule has 0 aromatic heterocycles. The largest absolute Gasteiger partial charge is 0.376 e. The molecule has 0 amide bonds. The van der Waals surface area contributed by atoms with Crippen LogP contribution in [-0.2, 0) is 0 Å². The van der Waals surface area contributed by atoms with Crippen LogP contribution in [0.3, 0.4) is 0 Å². The average Bonchev–Trinajstić information content (AvgIpc) is 2.51. The van der Waals surface area contributed by atoms with Gasteiger partial charge in [0.1, 0.15) is 5.60 Å². The molecule has 3 atom stereocenters. The van der Waals surface area contributed by atoms with Gasteiger partial charge in [-0.3, -0.25) is 0 Å². The average molecular weight is 308 g/mol. The van der Waals surface area contributed by atoms with Gasteiger partial charge in [-0.2, -0.15) is 0 Å². The van der Waals surface area contributed by atoms with Gasteiger partial charge >= 0.3 is 0 Å². The van der Waals surface area contributed by atoms with Gasteiger partial charge < -0.3 is 5.11 Å². The molecule has 23 heavy (non-hydrogen) atoms. The standard InChI is InChI=1S/C22H28O/c1-17-11-12-19-20(2,3)14-8-15-21(19,4)22(17,23)16-13-18-9-6-5-7-10-18/h5-7,9-10,12,17,23H,8,11,14-15H2,1-4H3/t17-,21+,22+/m1/s1. The van der Waals surface area contributed by atoms with Crippen molar-refractivity contribution in [2.75, 3.05) is 0 Å². The van der Waals surface area contributed by atoms with Crippen LogP contribution in [-0.4, -0.2) is 10.7 Å². The highest BCUT2D eigenvalue weighted by Crippen LogP contribution is 2.60. The highest BCUT2D eigenvalue weighted by Gasteiger charge is 2.57. The van der Waals surface area contributed by atoms with Crippen molar-refractivity contribution < 1.29 is 5.11 Å². The number of hydrogen-bond acceptors (Lipinski definition) is 1. The Morgan fingerprint density at radius 2 is 1.78 bits per heavy atom. The number of rotatable bonds is 0. The van der Waals surface area contributed by atoms with Crippen molar-refractivity contribution in [3.05, 3.63) is 47.5 Å². The topological polar surface area (TPSA) is 20.2 Å². The molecule has 0 heterocycles. The van der Waals surface area contributed by atoms with E-state index in [9.17, 15) is 5.11 Å². The maximum absolute atomic E-state index is 11.7. The van der Waals surface area contributed by atoms with Gasteiger partial charge in [0.15, 0.2) is 0 Å². The van der Waals surface area contributed by atoms with Crippen molar-refractivity contribution >= 4 is 0 Å². The maximum Gasteiger partial charge on any atom is 0.137 e. The molecule has 2 aliphatic rings. The third-order valence-corrected chi connectivity index (χ3v) is 6.20. The van der Waals surface area contributed by atoms with E-state index >= 15 is 0 Å². The third-order valence-electron chi connectivity index (χ3n) is 6.20. The molecule has 0 saturated heterocycles. The quantitative estimate of drug-likeness (QED) is 0.531. The van der Waals surface area contributed by atoms with E-state index in [0.717, 1.165) is 24.8 Å². The van der Waals surface area contributed by atoms with Crippen LogP contribution in [0.2, 0.25) is 0 Å². The molecule has 0 unspecified atom stereocenters. The lowest BCUT2D eigenvalue weighted by Crippen LogP contribution is -2.57. The summed E-state index contributed by atoms with van der Waals surface area (Å²) in [5, 5.41) is 11.7. The summed E-state index contributed by atoms with van der Waals surface area (Å²) in [6, 6.07) is 10.0. The van der Waals surface area contributed by atoms with Gasteiger partial charge in [-0.25, -0.2) is 0 Å². The van der Waals surface area contributed by atoms with Crippen molar-refractivity contribution in [1.82, 2.24) is 0 Å². The molecule has 2 aliphatic carbocycles. The molecule has 0 aliphatic heterocycles. The molecule has 1 nitrogen and oxygen atoms in total. The zero-order valence-corrected chi connectivity index (χ0v) is 14.8. The fourth-order valence-electron chi connectivity index (χ4n) is 4.76. The summed E-state index contributed by atoms with van der Waals surface area (Å²) >= 11 is 0. The zero-order valence-electron chi connectivity index (χ0n) is 14.8. The van der Waals surface area contributed by atoms with E-state index in [1.807, 2.05) is 30.3 Å². The van der Waals surface area contributed by atoms with E-state index < -0.39 is 5.60 Å². The Hall–Kier alpha value is -1.52. The van der Waals surface area contributed by atoms with E-state index in [4.69, 9.17) is 0 Å². The summed E-state index contributed by atoms with van der Waals surface area (Å²) < 4.78 is 0. The minimum absolute atomic E-state index is 0.154. The first kappa shape index (κ1) is 16.3. The first-order chi connectivity index (χ1) is 10.8. The summed E-state index contributed by atoms with van der Waals surface area (Å²) in [6.07, 6.45) is 6.68. The maximum atomic E-state index is 11.7. The first-order valence-electron chi connectivity index (χ1n) is 8.81. The summed E-state index contributed by atoms with van der Waals surface area (Å²) in [7, 11) is 0. The highest BCUT2D eigenvalue weighted by atomic mass is 16.3. The minimum Gasteiger partial charge on any atom is -0.376 e. The molecule has 1 N–H and O–H groups in total. The summed E-state index contributed by atoms with van der Waals surface area (Å²) in [4.78, 5) is 0. The summed E-state index contributed by atoms with van der Waals surface area (Å²) in [5.74, 6) is 6.70. The van der Waals surface area contributed by atoms with Gasteiger partial charge in [0, 0.05) is 16.9 Å². The molecule has 122 valence electrons. The Bertz CT molecular complexity index is 673. The molecule has 0 spiro atoms. The summed E-state index contributed by atoms with van der Waals surface area (Å²) in [5.41, 5.74) is 1.36. The molecule has 1 saturated carbocycles. The van der Waals surface area contributed by atoms with Gasteiger partial charge in [-0.15, -0.1) is 0 Å². The van der Waals surface area contributed by atoms with Crippen molar-refractivity contribution in [3.8, 4) is 11.8 Å². The van der Waals surface area contributed by atoms with Crippen LogP contribution < -0.4 is 0 Å². The molecule has 0 bridgehead atoms. The van der Waals surface area contributed by atoms with Crippen LogP contribution in [0.25, 0.3) is 0 Å². The number of allylic oxidation sites excluding steroid dienone is 1. The number of hydrogen-bond donors (Lipinski definition) is 1. The van der Waals surface area contributed by atoms with Crippen LogP contribution in [0.15, 0.2) is 42.0 Å². The van der Waals surface area contributed by atoms with Crippen LogP contribution in [0.4, 0.5) is 0 Å².